The van der Waals surface area contributed by atoms with Crippen molar-refractivity contribution < 1.29 is 23.1 Å². The Morgan fingerprint density at radius 3 is 2.53 bits per heavy atom. The number of rotatable bonds is 8. The van der Waals surface area contributed by atoms with Gasteiger partial charge in [0.25, 0.3) is 11.1 Å². The van der Waals surface area contributed by atoms with E-state index in [1.54, 1.807) is 18.2 Å². The molecular weight excluding hydrogens is 530 g/mol. The quantitative estimate of drug-likeness (QED) is 0.215. The predicted octanol–water partition coefficient (Wildman–Crippen LogP) is 7.30. The van der Waals surface area contributed by atoms with Gasteiger partial charge in [-0.05, 0) is 66.2 Å². The average molecular weight is 553 g/mol. The van der Waals surface area contributed by atoms with E-state index in [-0.39, 0.29) is 36.6 Å². The summed E-state index contributed by atoms with van der Waals surface area (Å²) in [4.78, 5) is 27.1. The normalized spacial score (nSPS) is 14.7. The molecule has 9 heteroatoms. The van der Waals surface area contributed by atoms with Gasteiger partial charge in [0.15, 0.2) is 0 Å². The third-order valence-corrected chi connectivity index (χ3v) is 7.60. The second kappa shape index (κ2) is 11.0. The fraction of sp³-hybridized carbons (Fsp3) is 0.172. The molecule has 1 fully saturated rings. The number of carbonyl (C=O) groups excluding carboxylic acids is 2. The lowest BCUT2D eigenvalue weighted by atomic mass is 10.1. The minimum Gasteiger partial charge on any atom is -0.492 e. The van der Waals surface area contributed by atoms with Crippen molar-refractivity contribution in [3.63, 3.8) is 0 Å². The van der Waals surface area contributed by atoms with Crippen LogP contribution in [0.15, 0.2) is 71.8 Å². The molecule has 2 amide bonds. The Labute approximate surface area is 227 Å². The Hall–Kier alpha value is -3.62. The van der Waals surface area contributed by atoms with Crippen molar-refractivity contribution in [1.29, 1.82) is 0 Å². The topological polar surface area (TPSA) is 51.5 Å². The highest BCUT2D eigenvalue weighted by Crippen LogP contribution is 2.35. The standard InChI is InChI=1S/C29H23ClF2N2O3S/c1-2-18-5-3-6-22-19(16-33(27(18)22)17-23-24(30)7-4-8-25(23)32)15-26-28(35)34(29(36)38-26)13-14-37-21-11-9-20(31)10-12-21/h3-12,15-16H,2,13-14,17H2,1H3/b26-15-. The number of aryl methyl sites for hydroxylation is 1. The number of hydrogen-bond acceptors (Lipinski definition) is 4. The number of ether oxygens (including phenoxy) is 1. The summed E-state index contributed by atoms with van der Waals surface area (Å²) >= 11 is 7.17. The molecule has 4 aromatic rings. The van der Waals surface area contributed by atoms with E-state index in [0.717, 1.165) is 45.1 Å². The molecule has 1 saturated heterocycles. The number of benzene rings is 3. The van der Waals surface area contributed by atoms with Crippen LogP contribution in [0.2, 0.25) is 5.02 Å². The second-order valence-corrected chi connectivity index (χ2v) is 10.1. The number of para-hydroxylation sites is 1. The number of aromatic nitrogens is 1. The van der Waals surface area contributed by atoms with Crippen LogP contribution in [-0.4, -0.2) is 33.8 Å². The Morgan fingerprint density at radius 2 is 1.79 bits per heavy atom. The monoisotopic (exact) mass is 552 g/mol. The molecule has 38 heavy (non-hydrogen) atoms. The molecule has 0 saturated carbocycles. The molecule has 3 aromatic carbocycles. The zero-order valence-corrected chi connectivity index (χ0v) is 22.0. The summed E-state index contributed by atoms with van der Waals surface area (Å²) in [7, 11) is 0. The van der Waals surface area contributed by atoms with Crippen LogP contribution in [0.25, 0.3) is 17.0 Å². The van der Waals surface area contributed by atoms with Gasteiger partial charge in [-0.1, -0.05) is 42.8 Å². The SMILES string of the molecule is CCc1cccc2c(/C=C3\SC(=O)N(CCOc4ccc(F)cc4)C3=O)cn(Cc3c(F)cccc3Cl)c12. The summed E-state index contributed by atoms with van der Waals surface area (Å²) in [6, 6.07) is 16.0. The van der Waals surface area contributed by atoms with E-state index in [9.17, 15) is 18.4 Å². The molecule has 0 bridgehead atoms. The van der Waals surface area contributed by atoms with Crippen LogP contribution >= 0.6 is 23.4 Å². The Bertz CT molecular complexity index is 1550. The number of thioether (sulfide) groups is 1. The maximum absolute atomic E-state index is 14.6. The lowest BCUT2D eigenvalue weighted by Crippen LogP contribution is -2.32. The van der Waals surface area contributed by atoms with Gasteiger partial charge in [0.1, 0.15) is 24.0 Å². The van der Waals surface area contributed by atoms with Gasteiger partial charge in [-0.25, -0.2) is 8.78 Å². The largest absolute Gasteiger partial charge is 0.492 e. The van der Waals surface area contributed by atoms with Gasteiger partial charge >= 0.3 is 0 Å². The van der Waals surface area contributed by atoms with Gasteiger partial charge in [0.05, 0.1) is 23.5 Å². The molecule has 1 aliphatic rings. The lowest BCUT2D eigenvalue weighted by molar-refractivity contribution is -0.123. The van der Waals surface area contributed by atoms with Crippen LogP contribution in [0, 0.1) is 11.6 Å². The summed E-state index contributed by atoms with van der Waals surface area (Å²) in [5, 5.41) is 0.842. The Morgan fingerprint density at radius 1 is 1.03 bits per heavy atom. The molecule has 5 rings (SSSR count). The molecule has 1 aliphatic heterocycles. The fourth-order valence-corrected chi connectivity index (χ4v) is 5.54. The molecule has 194 valence electrons. The van der Waals surface area contributed by atoms with Crippen LogP contribution in [-0.2, 0) is 17.8 Å². The van der Waals surface area contributed by atoms with Gasteiger partial charge in [0.2, 0.25) is 0 Å². The minimum atomic E-state index is -0.410. The fourth-order valence-electron chi connectivity index (χ4n) is 4.46. The third kappa shape index (κ3) is 5.19. The summed E-state index contributed by atoms with van der Waals surface area (Å²) in [6.45, 7) is 2.41. The summed E-state index contributed by atoms with van der Waals surface area (Å²) in [6.07, 6.45) is 4.32. The molecule has 5 nitrogen and oxygen atoms in total. The van der Waals surface area contributed by atoms with E-state index >= 15 is 0 Å². The van der Waals surface area contributed by atoms with Crippen molar-refractivity contribution in [2.75, 3.05) is 13.2 Å². The van der Waals surface area contributed by atoms with E-state index in [0.29, 0.717) is 21.2 Å². The predicted molar refractivity (Wildman–Crippen MR) is 146 cm³/mol. The van der Waals surface area contributed by atoms with Crippen LogP contribution in [0.1, 0.15) is 23.6 Å². The molecule has 1 aromatic heterocycles. The van der Waals surface area contributed by atoms with Gasteiger partial charge in [-0.15, -0.1) is 0 Å². The number of carbonyl (C=O) groups is 2. The maximum atomic E-state index is 14.6. The van der Waals surface area contributed by atoms with E-state index in [2.05, 4.69) is 0 Å². The number of halogens is 3. The molecule has 0 N–H and O–H groups in total. The number of fused-ring (bicyclic) bond motifs is 1. The van der Waals surface area contributed by atoms with Crippen LogP contribution in [0.4, 0.5) is 13.6 Å². The van der Waals surface area contributed by atoms with Crippen molar-refractivity contribution in [3.8, 4) is 5.75 Å². The summed E-state index contributed by atoms with van der Waals surface area (Å²) in [5.41, 5.74) is 3.12. The van der Waals surface area contributed by atoms with Crippen LogP contribution in [0.3, 0.4) is 0 Å². The first kappa shape index (κ1) is 26.0. The van der Waals surface area contributed by atoms with Gasteiger partial charge < -0.3 is 9.30 Å². The van der Waals surface area contributed by atoms with E-state index < -0.39 is 5.91 Å². The molecule has 0 unspecified atom stereocenters. The number of amides is 2. The number of hydrogen-bond donors (Lipinski definition) is 0. The van der Waals surface area contributed by atoms with Crippen molar-refractivity contribution in [1.82, 2.24) is 9.47 Å². The lowest BCUT2D eigenvalue weighted by Gasteiger charge is -2.13. The highest BCUT2D eigenvalue weighted by molar-refractivity contribution is 8.18. The third-order valence-electron chi connectivity index (χ3n) is 6.34. The summed E-state index contributed by atoms with van der Waals surface area (Å²) < 4.78 is 35.2. The van der Waals surface area contributed by atoms with E-state index in [4.69, 9.17) is 16.3 Å². The molecule has 0 radical (unpaired) electrons. The van der Waals surface area contributed by atoms with Crippen molar-refractivity contribution in [3.05, 3.63) is 105 Å². The van der Waals surface area contributed by atoms with Crippen molar-refractivity contribution in [2.24, 2.45) is 0 Å². The smallest absolute Gasteiger partial charge is 0.293 e. The van der Waals surface area contributed by atoms with Crippen molar-refractivity contribution in [2.45, 2.75) is 19.9 Å². The first-order valence-electron chi connectivity index (χ1n) is 12.0. The second-order valence-electron chi connectivity index (χ2n) is 8.72. The maximum Gasteiger partial charge on any atom is 0.293 e. The van der Waals surface area contributed by atoms with E-state index in [1.165, 1.54) is 30.3 Å². The highest BCUT2D eigenvalue weighted by Gasteiger charge is 2.35. The minimum absolute atomic E-state index is 0.0624. The van der Waals surface area contributed by atoms with Crippen LogP contribution < -0.4 is 4.74 Å². The number of nitrogens with zero attached hydrogens (tertiary/aromatic N) is 2. The highest BCUT2D eigenvalue weighted by atomic mass is 35.5. The number of imide groups is 1. The van der Waals surface area contributed by atoms with E-state index in [1.807, 2.05) is 35.9 Å². The van der Waals surface area contributed by atoms with Crippen LogP contribution in [0.5, 0.6) is 5.75 Å². The average Bonchev–Trinajstić information content (AvgIpc) is 3.39. The van der Waals surface area contributed by atoms with Gasteiger partial charge in [-0.2, -0.15) is 0 Å². The van der Waals surface area contributed by atoms with Crippen molar-refractivity contribution >= 4 is 51.5 Å². The molecular formula is C29H23ClF2N2O3S. The zero-order chi connectivity index (χ0) is 26.8. The zero-order valence-electron chi connectivity index (χ0n) is 20.4. The first-order valence-corrected chi connectivity index (χ1v) is 13.2. The Kier molecular flexibility index (Phi) is 7.53. The molecule has 2 heterocycles. The first-order chi connectivity index (χ1) is 18.4. The molecule has 0 aliphatic carbocycles. The van der Waals surface area contributed by atoms with Gasteiger partial charge in [0, 0.05) is 27.7 Å². The molecule has 0 spiro atoms. The Balaban J connectivity index is 1.42. The van der Waals surface area contributed by atoms with Gasteiger partial charge in [-0.3, -0.25) is 14.5 Å². The molecule has 0 atom stereocenters. The summed E-state index contributed by atoms with van der Waals surface area (Å²) in [5.74, 6) is -0.729.